The molecule has 3 rings (SSSR count). The smallest absolute Gasteiger partial charge is 0.246 e. The minimum Gasteiger partial charge on any atom is -0.457 e. The Morgan fingerprint density at radius 1 is 1.24 bits per heavy atom. The van der Waals surface area contributed by atoms with Gasteiger partial charge in [0.15, 0.2) is 0 Å². The lowest BCUT2D eigenvalue weighted by atomic mass is 10.1. The van der Waals surface area contributed by atoms with Crippen molar-refractivity contribution in [3.8, 4) is 11.5 Å². The van der Waals surface area contributed by atoms with E-state index in [1.54, 1.807) is 7.05 Å². The quantitative estimate of drug-likeness (QED) is 0.889. The van der Waals surface area contributed by atoms with Gasteiger partial charge >= 0.3 is 0 Å². The fraction of sp³-hybridized carbons (Fsp3) is 0.188. The molecule has 0 aromatic heterocycles. The molecule has 1 aliphatic heterocycles. The van der Waals surface area contributed by atoms with E-state index in [0.717, 1.165) is 27.0 Å². The average Bonchev–Trinajstić information content (AvgIpc) is 2.76. The Kier molecular flexibility index (Phi) is 3.69. The normalized spacial score (nSPS) is 16.5. The van der Waals surface area contributed by atoms with Crippen molar-refractivity contribution in [1.82, 2.24) is 5.32 Å². The summed E-state index contributed by atoms with van der Waals surface area (Å²) in [4.78, 5) is 11.8. The van der Waals surface area contributed by atoms with Gasteiger partial charge in [-0.2, -0.15) is 0 Å². The van der Waals surface area contributed by atoms with Gasteiger partial charge in [-0.15, -0.1) is 0 Å². The Labute approximate surface area is 131 Å². The zero-order chi connectivity index (χ0) is 15.0. The minimum absolute atomic E-state index is 0.0375. The maximum atomic E-state index is 11.8. The van der Waals surface area contributed by atoms with Crippen LogP contribution in [0.25, 0.3) is 0 Å². The molecule has 0 bridgehead atoms. The number of nitrogens with one attached hydrogen (secondary N) is 2. The molecule has 0 saturated heterocycles. The third-order valence-electron chi connectivity index (χ3n) is 3.51. The minimum atomic E-state index is -0.288. The average molecular weight is 347 g/mol. The number of benzene rings is 2. The molecule has 2 N–H and O–H groups in total. The molecule has 0 aliphatic carbocycles. The number of hydrogen-bond donors (Lipinski definition) is 2. The van der Waals surface area contributed by atoms with E-state index in [2.05, 4.69) is 26.6 Å². The molecule has 108 valence electrons. The Morgan fingerprint density at radius 3 is 2.76 bits per heavy atom. The number of halogens is 1. The summed E-state index contributed by atoms with van der Waals surface area (Å²) in [6, 6.07) is 11.2. The highest BCUT2D eigenvalue weighted by Crippen LogP contribution is 2.35. The summed E-state index contributed by atoms with van der Waals surface area (Å²) in [5.41, 5.74) is 2.79. The van der Waals surface area contributed by atoms with Gasteiger partial charge in [-0.1, -0.05) is 22.0 Å². The first-order valence-corrected chi connectivity index (χ1v) is 7.44. The second kappa shape index (κ2) is 5.50. The van der Waals surface area contributed by atoms with Gasteiger partial charge in [0.05, 0.1) is 0 Å². The lowest BCUT2D eigenvalue weighted by Gasteiger charge is -2.11. The summed E-state index contributed by atoms with van der Waals surface area (Å²) in [7, 11) is 1.77. The van der Waals surface area contributed by atoms with Crippen LogP contribution in [0.2, 0.25) is 0 Å². The van der Waals surface area contributed by atoms with E-state index >= 15 is 0 Å². The maximum absolute atomic E-state index is 11.8. The number of fused-ring (bicyclic) bond motifs is 1. The van der Waals surface area contributed by atoms with Gasteiger partial charge in [0, 0.05) is 21.8 Å². The van der Waals surface area contributed by atoms with Crippen molar-refractivity contribution in [2.75, 3.05) is 12.4 Å². The first-order valence-electron chi connectivity index (χ1n) is 6.64. The summed E-state index contributed by atoms with van der Waals surface area (Å²) < 4.78 is 6.92. The summed E-state index contributed by atoms with van der Waals surface area (Å²) in [5, 5.41) is 5.86. The topological polar surface area (TPSA) is 50.4 Å². The Morgan fingerprint density at radius 2 is 2.05 bits per heavy atom. The number of carbonyl (C=O) groups is 1. The van der Waals surface area contributed by atoms with E-state index in [1.807, 2.05) is 43.3 Å². The van der Waals surface area contributed by atoms with E-state index in [4.69, 9.17) is 4.74 Å². The number of likely N-dealkylation sites (N-methyl/N-ethyl adjacent to an activating group) is 1. The Balaban J connectivity index is 1.89. The highest BCUT2D eigenvalue weighted by Gasteiger charge is 2.29. The molecule has 2 aromatic rings. The molecule has 1 atom stereocenters. The van der Waals surface area contributed by atoms with Crippen LogP contribution in [0.1, 0.15) is 17.2 Å². The second-order valence-electron chi connectivity index (χ2n) is 4.97. The van der Waals surface area contributed by atoms with Crippen molar-refractivity contribution >= 4 is 27.5 Å². The van der Waals surface area contributed by atoms with Crippen LogP contribution in [0, 0.1) is 6.92 Å². The van der Waals surface area contributed by atoms with Crippen molar-refractivity contribution in [3.63, 3.8) is 0 Å². The van der Waals surface area contributed by atoms with Gasteiger partial charge in [0.1, 0.15) is 17.5 Å². The summed E-state index contributed by atoms with van der Waals surface area (Å²) in [6.07, 6.45) is 0. The number of amides is 1. The molecule has 0 fully saturated rings. The molecule has 5 heteroatoms. The van der Waals surface area contributed by atoms with Crippen molar-refractivity contribution in [3.05, 3.63) is 52.0 Å². The zero-order valence-corrected chi connectivity index (χ0v) is 13.3. The lowest BCUT2D eigenvalue weighted by molar-refractivity contribution is -0.117. The van der Waals surface area contributed by atoms with E-state index in [1.165, 1.54) is 0 Å². The van der Waals surface area contributed by atoms with Gasteiger partial charge in [-0.05, 0) is 43.8 Å². The third kappa shape index (κ3) is 2.66. The van der Waals surface area contributed by atoms with Crippen LogP contribution >= 0.6 is 15.9 Å². The second-order valence-corrected chi connectivity index (χ2v) is 5.89. The molecule has 1 aliphatic rings. The molecule has 4 nitrogen and oxygen atoms in total. The molecule has 0 saturated carbocycles. The summed E-state index contributed by atoms with van der Waals surface area (Å²) in [5.74, 6) is 1.47. The first kappa shape index (κ1) is 14.1. The van der Waals surface area contributed by atoms with Crippen LogP contribution in [-0.2, 0) is 4.79 Å². The SMILES string of the molecule is CNC1C(=O)Nc2cc(Oc3ccc(Br)cc3C)ccc21. The fourth-order valence-electron chi connectivity index (χ4n) is 2.45. The molecule has 2 aromatic carbocycles. The largest absolute Gasteiger partial charge is 0.457 e. The zero-order valence-electron chi connectivity index (χ0n) is 11.7. The number of aryl methyl sites for hydroxylation is 1. The van der Waals surface area contributed by atoms with Gasteiger partial charge in [-0.3, -0.25) is 4.79 Å². The number of hydrogen-bond acceptors (Lipinski definition) is 3. The number of ether oxygens (including phenoxy) is 1. The van der Waals surface area contributed by atoms with E-state index < -0.39 is 0 Å². The number of anilines is 1. The van der Waals surface area contributed by atoms with Crippen molar-refractivity contribution in [2.45, 2.75) is 13.0 Å². The summed E-state index contributed by atoms with van der Waals surface area (Å²) in [6.45, 7) is 1.99. The highest BCUT2D eigenvalue weighted by atomic mass is 79.9. The van der Waals surface area contributed by atoms with E-state index in [9.17, 15) is 4.79 Å². The van der Waals surface area contributed by atoms with Gasteiger partial charge < -0.3 is 15.4 Å². The number of carbonyl (C=O) groups excluding carboxylic acids is 1. The van der Waals surface area contributed by atoms with Crippen LogP contribution in [0.4, 0.5) is 5.69 Å². The predicted molar refractivity (Wildman–Crippen MR) is 85.8 cm³/mol. The first-order chi connectivity index (χ1) is 10.1. The van der Waals surface area contributed by atoms with E-state index in [0.29, 0.717) is 5.75 Å². The van der Waals surface area contributed by atoms with Crippen LogP contribution in [0.5, 0.6) is 11.5 Å². The monoisotopic (exact) mass is 346 g/mol. The molecule has 0 radical (unpaired) electrons. The molecule has 1 amide bonds. The van der Waals surface area contributed by atoms with Gasteiger partial charge in [0.25, 0.3) is 0 Å². The summed E-state index contributed by atoms with van der Waals surface area (Å²) >= 11 is 3.43. The fourth-order valence-corrected chi connectivity index (χ4v) is 2.92. The van der Waals surface area contributed by atoms with Gasteiger partial charge in [0.2, 0.25) is 5.91 Å². The molecule has 21 heavy (non-hydrogen) atoms. The maximum Gasteiger partial charge on any atom is 0.246 e. The van der Waals surface area contributed by atoms with Crippen LogP contribution in [0.15, 0.2) is 40.9 Å². The third-order valence-corrected chi connectivity index (χ3v) is 4.00. The van der Waals surface area contributed by atoms with Crippen molar-refractivity contribution in [1.29, 1.82) is 0 Å². The standard InChI is InChI=1S/C16H15BrN2O2/c1-9-7-10(17)3-6-14(9)21-11-4-5-12-13(8-11)19-16(20)15(12)18-2/h3-8,15,18H,1-2H3,(H,19,20). The van der Waals surface area contributed by atoms with Crippen molar-refractivity contribution < 1.29 is 9.53 Å². The molecule has 1 unspecified atom stereocenters. The Hall–Kier alpha value is -1.85. The molecular weight excluding hydrogens is 332 g/mol. The van der Waals surface area contributed by atoms with Crippen LogP contribution < -0.4 is 15.4 Å². The number of rotatable bonds is 3. The Bertz CT molecular complexity index is 715. The van der Waals surface area contributed by atoms with Gasteiger partial charge in [-0.25, -0.2) is 0 Å². The highest BCUT2D eigenvalue weighted by molar-refractivity contribution is 9.10. The van der Waals surface area contributed by atoms with E-state index in [-0.39, 0.29) is 11.9 Å². The molecule has 1 heterocycles. The van der Waals surface area contributed by atoms with Crippen LogP contribution in [0.3, 0.4) is 0 Å². The van der Waals surface area contributed by atoms with Crippen molar-refractivity contribution in [2.24, 2.45) is 0 Å². The molecular formula is C16H15BrN2O2. The van der Waals surface area contributed by atoms with Crippen LogP contribution in [-0.4, -0.2) is 13.0 Å². The molecule has 0 spiro atoms. The lowest BCUT2D eigenvalue weighted by Crippen LogP contribution is -2.23. The predicted octanol–water partition coefficient (Wildman–Crippen LogP) is 3.76.